The predicted molar refractivity (Wildman–Crippen MR) is 552 cm³/mol. The van der Waals surface area contributed by atoms with Gasteiger partial charge in [0, 0.05) is 35.3 Å². The summed E-state index contributed by atoms with van der Waals surface area (Å²) >= 11 is 12.1. The molecule has 726 valence electrons. The zero-order valence-electron chi connectivity index (χ0n) is 82.5. The van der Waals surface area contributed by atoms with Crippen LogP contribution in [0, 0.1) is 57.9 Å². The molecule has 0 fully saturated rings. The average Bonchev–Trinajstić information content (AvgIpc) is 0.841. The lowest BCUT2D eigenvalue weighted by Gasteiger charge is -2.15. The third-order valence-corrected chi connectivity index (χ3v) is 24.8. The Hall–Kier alpha value is -12.3. The fraction of sp³-hybridized carbons (Fsp3) is 0.322. The van der Waals surface area contributed by atoms with Crippen LogP contribution in [0.1, 0.15) is 181 Å². The van der Waals surface area contributed by atoms with Gasteiger partial charge in [-0.05, 0) is 254 Å². The highest BCUT2D eigenvalue weighted by atomic mass is 127. The summed E-state index contributed by atoms with van der Waals surface area (Å²) in [4.78, 5) is 69.3. The van der Waals surface area contributed by atoms with Crippen LogP contribution in [-0.2, 0) is 174 Å². The summed E-state index contributed by atoms with van der Waals surface area (Å²) in [5.74, 6) is 3.15. The minimum atomic E-state index is -0.401. The molecule has 0 spiro atoms. The Morgan fingerprint density at radius 1 is 0.270 bits per heavy atom. The first-order chi connectivity index (χ1) is 65.9. The highest BCUT2D eigenvalue weighted by Gasteiger charge is 2.21. The molecule has 18 nitrogen and oxygen atoms in total. The Balaban J connectivity index is 0.000000224. The van der Waals surface area contributed by atoms with E-state index in [1.807, 2.05) is 166 Å². The lowest BCUT2D eigenvalue weighted by molar-refractivity contribution is -0.140. The van der Waals surface area contributed by atoms with Crippen LogP contribution in [0.25, 0.3) is 0 Å². The van der Waals surface area contributed by atoms with Gasteiger partial charge in [-0.3, -0.25) is 28.8 Å². The van der Waals surface area contributed by atoms with Gasteiger partial charge in [0.1, 0.15) is 80.0 Å². The topological polar surface area (TPSA) is 213 Å². The third kappa shape index (κ3) is 36.3. The molecule has 0 saturated carbocycles. The van der Waals surface area contributed by atoms with Gasteiger partial charge in [0.25, 0.3) is 0 Å². The monoisotopic (exact) mass is 2060 g/mol. The van der Waals surface area contributed by atoms with E-state index < -0.39 is 5.97 Å². The van der Waals surface area contributed by atoms with E-state index in [0.717, 1.165) is 159 Å². The van der Waals surface area contributed by atoms with Crippen molar-refractivity contribution in [3.05, 3.63) is 382 Å². The average molecular weight is 2060 g/mol. The van der Waals surface area contributed by atoms with Gasteiger partial charge in [0.05, 0.1) is 81.2 Å². The number of benzene rings is 12. The number of methoxy groups -OCH3 is 6. The van der Waals surface area contributed by atoms with E-state index in [9.17, 15) is 33.2 Å². The maximum atomic E-state index is 14.1. The fourth-order valence-electron chi connectivity index (χ4n) is 14.8. The highest BCUT2D eigenvalue weighted by Crippen LogP contribution is 2.33. The zero-order valence-corrected chi connectivity index (χ0v) is 86.9. The summed E-state index contributed by atoms with van der Waals surface area (Å²) in [6, 6.07) is 72.6. The molecule has 0 unspecified atom stereocenters. The number of carbonyl (C=O) groups excluding carboxylic acids is 6. The van der Waals surface area contributed by atoms with Gasteiger partial charge < -0.3 is 56.8 Å². The molecule has 12 rings (SSSR count). The van der Waals surface area contributed by atoms with Gasteiger partial charge in [0.15, 0.2) is 0 Å². The van der Waals surface area contributed by atoms with Crippen molar-refractivity contribution in [2.24, 2.45) is 0 Å². The van der Waals surface area contributed by atoms with Crippen molar-refractivity contribution >= 4 is 85.9 Å². The second kappa shape index (κ2) is 59.0. The first kappa shape index (κ1) is 112. The predicted octanol–water partition coefficient (Wildman–Crippen LogP) is 25.6. The summed E-state index contributed by atoms with van der Waals surface area (Å²) in [6.07, 6.45) is 6.70. The largest absolute Gasteiger partial charge is 0.489 e. The van der Waals surface area contributed by atoms with Gasteiger partial charge in [-0.25, -0.2) is 4.39 Å². The molecule has 22 heteroatoms. The van der Waals surface area contributed by atoms with Crippen LogP contribution < -0.4 is 28.4 Å². The number of rotatable bonds is 36. The van der Waals surface area contributed by atoms with Crippen LogP contribution in [0.4, 0.5) is 4.39 Å². The Bertz CT molecular complexity index is 5290. The van der Waals surface area contributed by atoms with Gasteiger partial charge in [-0.15, -0.1) is 0 Å². The molecule has 0 aromatic heterocycles. The first-order valence-corrected chi connectivity index (χ1v) is 48.1. The van der Waals surface area contributed by atoms with Gasteiger partial charge >= 0.3 is 35.8 Å². The highest BCUT2D eigenvalue weighted by molar-refractivity contribution is 14.1. The zero-order chi connectivity index (χ0) is 100. The number of halogens is 4. The fourth-order valence-corrected chi connectivity index (χ4v) is 16.2. The first-order valence-electron chi connectivity index (χ1n) is 45.8. The van der Waals surface area contributed by atoms with E-state index in [1.54, 1.807) is 18.2 Å². The van der Waals surface area contributed by atoms with Gasteiger partial charge in [-0.1, -0.05) is 266 Å². The minimum absolute atomic E-state index is 0.0293. The smallest absolute Gasteiger partial charge is 0.309 e. The minimum Gasteiger partial charge on any atom is -0.489 e. The van der Waals surface area contributed by atoms with Crippen LogP contribution in [0.3, 0.4) is 0 Å². The van der Waals surface area contributed by atoms with Crippen molar-refractivity contribution < 1.29 is 90.0 Å². The Kier molecular flexibility index (Phi) is 48.1. The molecule has 0 radical (unpaired) electrons. The number of aryl methyl sites for hydroxylation is 13. The van der Waals surface area contributed by atoms with Crippen molar-refractivity contribution in [1.29, 1.82) is 0 Å². The Morgan fingerprint density at radius 2 is 0.518 bits per heavy atom. The molecule has 0 aliphatic rings. The Labute approximate surface area is 836 Å². The molecule has 0 aliphatic heterocycles. The molecule has 12 aromatic rings. The van der Waals surface area contributed by atoms with Crippen LogP contribution in [0.5, 0.6) is 34.5 Å². The van der Waals surface area contributed by atoms with Crippen LogP contribution in [0.2, 0.25) is 5.02 Å². The van der Waals surface area contributed by atoms with E-state index in [2.05, 4.69) is 167 Å². The van der Waals surface area contributed by atoms with Gasteiger partial charge in [-0.2, -0.15) is 0 Å². The molecule has 0 amide bonds. The van der Waals surface area contributed by atoms with Crippen molar-refractivity contribution in [2.45, 2.75) is 207 Å². The molecule has 0 bridgehead atoms. The normalized spacial score (nSPS) is 10.4. The van der Waals surface area contributed by atoms with Crippen LogP contribution in [-0.4, -0.2) is 78.5 Å². The second-order valence-electron chi connectivity index (χ2n) is 32.5. The van der Waals surface area contributed by atoms with Crippen molar-refractivity contribution in [2.75, 3.05) is 42.7 Å². The molecule has 0 atom stereocenters. The molecular formula is C115H130BrClFIO18. The molecule has 0 N–H and O–H groups in total. The molecule has 12 aromatic carbocycles. The maximum Gasteiger partial charge on any atom is 0.309 e. The summed E-state index contributed by atoms with van der Waals surface area (Å²) in [6.45, 7) is 29.2. The van der Waals surface area contributed by atoms with Crippen molar-refractivity contribution in [1.82, 2.24) is 0 Å². The molecule has 0 aliphatic carbocycles. The number of hydrogen-bond acceptors (Lipinski definition) is 18. The van der Waals surface area contributed by atoms with E-state index in [-0.39, 0.29) is 80.8 Å². The summed E-state index contributed by atoms with van der Waals surface area (Å²) < 4.78 is 80.5. The summed E-state index contributed by atoms with van der Waals surface area (Å²) in [5.41, 5.74) is 25.9. The Morgan fingerprint density at radius 3 is 0.869 bits per heavy atom. The molecule has 137 heavy (non-hydrogen) atoms. The molecular weight excluding hydrogens is 1930 g/mol. The second-order valence-corrected chi connectivity index (χ2v) is 35.0. The maximum absolute atomic E-state index is 14.1. The van der Waals surface area contributed by atoms with E-state index in [4.69, 9.17) is 63.7 Å². The van der Waals surface area contributed by atoms with Crippen molar-refractivity contribution in [3.63, 3.8) is 0 Å². The van der Waals surface area contributed by atoms with Crippen LogP contribution in [0.15, 0.2) is 229 Å². The summed E-state index contributed by atoms with van der Waals surface area (Å²) in [5, 5.41) is 0.594. The molecule has 0 saturated heterocycles. The van der Waals surface area contributed by atoms with E-state index in [1.165, 1.54) is 98.8 Å². The number of esters is 6. The summed E-state index contributed by atoms with van der Waals surface area (Å²) in [7, 11) is 8.32. The van der Waals surface area contributed by atoms with Crippen molar-refractivity contribution in [3.8, 4) is 34.5 Å². The van der Waals surface area contributed by atoms with E-state index >= 15 is 0 Å². The lowest BCUT2D eigenvalue weighted by Crippen LogP contribution is -2.10. The molecule has 0 heterocycles. The SMILES string of the molecule is CCc1cc(C)ccc1OCc1c(Br)cccc1CC(=O)OC.CCc1cc(C)ccc1OCc1c(C)cccc1CC(=O)OC.CCc1cc(C)ccc1OCc1c(Cl)cccc1CC(=O)OC.CCc1cc(C)ccc1OCc1c(F)cccc1CC(=O)OC.CCc1cc(C)ccc1OCc1c(I)cccc1CC(=O)OC.CCc1cc(C)ccc1OCc1ccccc1CC(=O)OC. The van der Waals surface area contributed by atoms with E-state index in [0.29, 0.717) is 49.2 Å². The quantitative estimate of drug-likeness (QED) is 0.0203. The van der Waals surface area contributed by atoms with Gasteiger partial charge in [0.2, 0.25) is 0 Å². The number of carbonyl (C=O) groups is 6. The standard InChI is InChI=1S/C20H24O3.C19H21BrO3.C19H21ClO3.C19H21FO3.C19H21IO3.C19H22O3/c1-5-16-11-14(2)9-10-19(16)23-13-18-15(3)7-6-8-17(18)12-20(21)22-4;4*1-4-14-10-13(2)8-9-18(14)23-12-16-15(11-19(21)22-3)6-5-7-17(16)20;1-4-15-11-14(2)9-10-18(15)22-13-17-8-6-5-7-16(17)12-19(20)21-3/h6-11H,5,12-13H2,1-4H3;4*5-10H,4,11-12H2,1-3H3;5-11H,4,12-13H2,1-3H3. The lowest BCUT2D eigenvalue weighted by atomic mass is 10.00. The number of hydrogen-bond donors (Lipinski definition) is 0. The third-order valence-electron chi connectivity index (χ3n) is 22.7. The number of ether oxygens (including phenoxy) is 12. The van der Waals surface area contributed by atoms with Crippen LogP contribution >= 0.6 is 50.1 Å².